The first kappa shape index (κ1) is 28.4. The van der Waals surface area contributed by atoms with E-state index >= 15 is 0 Å². The van der Waals surface area contributed by atoms with Crippen molar-refractivity contribution in [3.8, 4) is 0 Å². The van der Waals surface area contributed by atoms with Crippen LogP contribution < -0.4 is 0 Å². The van der Waals surface area contributed by atoms with Crippen molar-refractivity contribution >= 4 is 29.5 Å². The Labute approximate surface area is 236 Å². The fraction of sp³-hybridized carbons (Fsp3) is 0.656. The van der Waals surface area contributed by atoms with E-state index in [1.165, 1.54) is 18.7 Å². The summed E-state index contributed by atoms with van der Waals surface area (Å²) < 4.78 is 11.5. The van der Waals surface area contributed by atoms with Crippen LogP contribution in [0.5, 0.6) is 0 Å². The Morgan fingerprint density at radius 1 is 1.23 bits per heavy atom. The number of hydrogen-bond donors (Lipinski definition) is 1. The highest BCUT2D eigenvalue weighted by Gasteiger charge is 2.81. The SMILES string of the molecule is C=C[C@]1(C)C[C@@H](OC(=O)CSc2cccc(COC(C)=O)c2)[C@]2(C)C(C)CC34CC(CCC3=O)(C42)[C@@H](C)[C@@H]1O. The van der Waals surface area contributed by atoms with Crippen molar-refractivity contribution in [1.29, 1.82) is 0 Å². The van der Waals surface area contributed by atoms with E-state index < -0.39 is 17.6 Å². The molecule has 2 bridgehead atoms. The van der Waals surface area contributed by atoms with E-state index in [1.807, 2.05) is 37.3 Å². The van der Waals surface area contributed by atoms with Crippen molar-refractivity contribution in [2.45, 2.75) is 90.4 Å². The molecule has 2 spiro atoms. The van der Waals surface area contributed by atoms with E-state index in [4.69, 9.17) is 9.47 Å². The van der Waals surface area contributed by atoms with Crippen LogP contribution in [0.25, 0.3) is 0 Å². The third kappa shape index (κ3) is 4.21. The van der Waals surface area contributed by atoms with Crippen LogP contribution in [0.2, 0.25) is 0 Å². The lowest BCUT2D eigenvalue weighted by atomic mass is 9.32. The van der Waals surface area contributed by atoms with E-state index in [0.29, 0.717) is 18.6 Å². The largest absolute Gasteiger partial charge is 0.461 e. The normalized spacial score (nSPS) is 42.4. The first-order valence-corrected chi connectivity index (χ1v) is 15.2. The first-order chi connectivity index (χ1) is 18.3. The maximum absolute atomic E-state index is 13.4. The van der Waals surface area contributed by atoms with Gasteiger partial charge in [-0.15, -0.1) is 18.3 Å². The second-order valence-corrected chi connectivity index (χ2v) is 14.3. The lowest BCUT2D eigenvalue weighted by molar-refractivity contribution is -0.257. The summed E-state index contributed by atoms with van der Waals surface area (Å²) >= 11 is 1.39. The number of aliphatic hydroxyl groups is 1. The van der Waals surface area contributed by atoms with Crippen LogP contribution in [0.15, 0.2) is 41.8 Å². The van der Waals surface area contributed by atoms with Gasteiger partial charge in [-0.05, 0) is 66.5 Å². The number of ether oxygens (including phenoxy) is 2. The highest BCUT2D eigenvalue weighted by Crippen LogP contribution is 2.82. The molecule has 6 nitrogen and oxygen atoms in total. The maximum Gasteiger partial charge on any atom is 0.316 e. The zero-order chi connectivity index (χ0) is 28.4. The van der Waals surface area contributed by atoms with Crippen molar-refractivity contribution in [2.24, 2.45) is 39.4 Å². The zero-order valence-electron chi connectivity index (χ0n) is 23.8. The van der Waals surface area contributed by atoms with Crippen LogP contribution in [-0.2, 0) is 30.5 Å². The first-order valence-electron chi connectivity index (χ1n) is 14.2. The van der Waals surface area contributed by atoms with Crippen LogP contribution in [0.1, 0.15) is 72.3 Å². The molecule has 7 heteroatoms. The number of carbonyl (C=O) groups is 3. The molecular weight excluding hydrogens is 512 g/mol. The number of aliphatic hydroxyl groups excluding tert-OH is 1. The number of carbonyl (C=O) groups excluding carboxylic acids is 3. The molecule has 4 aliphatic rings. The van der Waals surface area contributed by atoms with Gasteiger partial charge >= 0.3 is 11.9 Å². The average molecular weight is 555 g/mol. The number of rotatable bonds is 7. The molecule has 4 fully saturated rings. The number of benzene rings is 1. The predicted octanol–water partition coefficient (Wildman–Crippen LogP) is 5.75. The molecule has 4 saturated carbocycles. The summed E-state index contributed by atoms with van der Waals surface area (Å²) in [6, 6.07) is 7.60. The summed E-state index contributed by atoms with van der Waals surface area (Å²) in [6.07, 6.45) is 4.32. The van der Waals surface area contributed by atoms with Gasteiger partial charge in [0, 0.05) is 34.5 Å². The van der Waals surface area contributed by atoms with E-state index in [9.17, 15) is 19.5 Å². The molecule has 0 aliphatic heterocycles. The molecule has 0 aromatic heterocycles. The number of esters is 2. The molecule has 1 N–H and O–H groups in total. The van der Waals surface area contributed by atoms with Crippen LogP contribution >= 0.6 is 11.8 Å². The quantitative estimate of drug-likeness (QED) is 0.261. The van der Waals surface area contributed by atoms with Gasteiger partial charge in [-0.25, -0.2) is 0 Å². The monoisotopic (exact) mass is 554 g/mol. The standard InChI is InChI=1S/C32H42O6S/c1-7-29(5)15-25(38-26(35)17-39-23-10-8-9-22(13-23)16-37-21(4)33)30(6)19(2)14-32-18-31(28(30)32,12-11-24(32)34)20(3)27(29)36/h7-10,13,19-20,25,27-28,36H,1,11-12,14-18H2,2-6H3/t19?,20-,25+,27-,28?,29+,30-,31?,32?/m0/s1. The lowest BCUT2D eigenvalue weighted by Gasteiger charge is -2.71. The Hall–Kier alpha value is -2.12. The summed E-state index contributed by atoms with van der Waals surface area (Å²) in [5.74, 6) is 0.224. The third-order valence-electron chi connectivity index (χ3n) is 11.3. The van der Waals surface area contributed by atoms with Gasteiger partial charge in [0.2, 0.25) is 0 Å². The Bertz CT molecular complexity index is 1200. The second-order valence-electron chi connectivity index (χ2n) is 13.2. The van der Waals surface area contributed by atoms with Crippen LogP contribution in [0.3, 0.4) is 0 Å². The summed E-state index contributed by atoms with van der Waals surface area (Å²) in [6.45, 7) is 14.3. The molecule has 39 heavy (non-hydrogen) atoms. The van der Waals surface area contributed by atoms with Gasteiger partial charge in [-0.1, -0.05) is 45.9 Å². The minimum atomic E-state index is -0.628. The predicted molar refractivity (Wildman–Crippen MR) is 150 cm³/mol. The van der Waals surface area contributed by atoms with Gasteiger partial charge in [0.15, 0.2) is 0 Å². The minimum Gasteiger partial charge on any atom is -0.461 e. The molecule has 1 aromatic rings. The van der Waals surface area contributed by atoms with Crippen LogP contribution in [0, 0.1) is 39.4 Å². The smallest absolute Gasteiger partial charge is 0.316 e. The molecule has 0 saturated heterocycles. The highest BCUT2D eigenvalue weighted by atomic mass is 32.2. The topological polar surface area (TPSA) is 89.9 Å². The van der Waals surface area contributed by atoms with Gasteiger partial charge < -0.3 is 14.6 Å². The lowest BCUT2D eigenvalue weighted by Crippen LogP contribution is -2.71. The Morgan fingerprint density at radius 2 is 1.97 bits per heavy atom. The summed E-state index contributed by atoms with van der Waals surface area (Å²) in [4.78, 5) is 38.9. The Kier molecular flexibility index (Phi) is 7.11. The highest BCUT2D eigenvalue weighted by molar-refractivity contribution is 8.00. The van der Waals surface area contributed by atoms with E-state index in [-0.39, 0.29) is 58.3 Å². The van der Waals surface area contributed by atoms with Crippen LogP contribution in [0.4, 0.5) is 0 Å². The van der Waals surface area contributed by atoms with Gasteiger partial charge in [-0.2, -0.15) is 0 Å². The molecule has 1 aromatic carbocycles. The summed E-state index contributed by atoms with van der Waals surface area (Å²) in [5.41, 5.74) is -0.592. The number of ketones is 1. The van der Waals surface area contributed by atoms with Crippen molar-refractivity contribution in [3.63, 3.8) is 0 Å². The Morgan fingerprint density at radius 3 is 2.67 bits per heavy atom. The van der Waals surface area contributed by atoms with Crippen molar-refractivity contribution in [1.82, 2.24) is 0 Å². The number of Topliss-reactive ketones (excluding diaryl/α,β-unsaturated/α-hetero) is 1. The zero-order valence-corrected chi connectivity index (χ0v) is 24.6. The molecule has 5 rings (SSSR count). The molecule has 4 unspecified atom stereocenters. The average Bonchev–Trinajstić information content (AvgIpc) is 3.09. The van der Waals surface area contributed by atoms with Gasteiger partial charge in [0.25, 0.3) is 0 Å². The van der Waals surface area contributed by atoms with E-state index in [2.05, 4.69) is 27.4 Å². The van der Waals surface area contributed by atoms with Crippen molar-refractivity contribution < 1.29 is 29.0 Å². The Balaban J connectivity index is 1.40. The maximum atomic E-state index is 13.4. The summed E-state index contributed by atoms with van der Waals surface area (Å²) in [7, 11) is 0. The molecular formula is C32H42O6S. The van der Waals surface area contributed by atoms with E-state index in [1.54, 1.807) is 0 Å². The third-order valence-corrected chi connectivity index (χ3v) is 12.3. The van der Waals surface area contributed by atoms with Crippen molar-refractivity contribution in [3.05, 3.63) is 42.5 Å². The number of hydrogen-bond acceptors (Lipinski definition) is 7. The fourth-order valence-electron chi connectivity index (χ4n) is 9.27. The molecule has 9 atom stereocenters. The minimum absolute atomic E-state index is 0.0304. The summed E-state index contributed by atoms with van der Waals surface area (Å²) in [5, 5.41) is 11.7. The van der Waals surface area contributed by atoms with Crippen molar-refractivity contribution in [2.75, 3.05) is 5.75 Å². The fourth-order valence-corrected chi connectivity index (χ4v) is 10.0. The van der Waals surface area contributed by atoms with Gasteiger partial charge in [0.05, 0.1) is 11.9 Å². The van der Waals surface area contributed by atoms with E-state index in [0.717, 1.165) is 29.7 Å². The molecule has 212 valence electrons. The molecule has 4 aliphatic carbocycles. The second kappa shape index (κ2) is 9.76. The molecule has 0 heterocycles. The molecule has 0 amide bonds. The number of thioether (sulfide) groups is 1. The van der Waals surface area contributed by atoms with Gasteiger partial charge in [-0.3, -0.25) is 14.4 Å². The molecule has 0 radical (unpaired) electrons. The van der Waals surface area contributed by atoms with Crippen LogP contribution in [-0.4, -0.2) is 40.8 Å². The van der Waals surface area contributed by atoms with Gasteiger partial charge in [0.1, 0.15) is 18.5 Å².